The summed E-state index contributed by atoms with van der Waals surface area (Å²) in [5.41, 5.74) is 1.48. The van der Waals surface area contributed by atoms with Gasteiger partial charge in [-0.05, 0) is 45.0 Å². The standard InChI is InChI=1S/C21H26N2O6S/c1-4-30(25,26)23(17-7-10-19-20(11-17)29-14-28-19)12-21(24)22-16(3)13-27-18-8-5-15(2)6-9-18/h5-11,16H,4,12-14H2,1-3H3,(H,22,24)/t16-/m1/s1. The Morgan fingerprint density at radius 2 is 1.87 bits per heavy atom. The third-order valence-electron chi connectivity index (χ3n) is 4.56. The van der Waals surface area contributed by atoms with Gasteiger partial charge in [0.05, 0.1) is 17.5 Å². The van der Waals surface area contributed by atoms with Gasteiger partial charge in [0.2, 0.25) is 22.7 Å². The van der Waals surface area contributed by atoms with Gasteiger partial charge in [-0.15, -0.1) is 0 Å². The lowest BCUT2D eigenvalue weighted by Gasteiger charge is -2.24. The van der Waals surface area contributed by atoms with Crippen LogP contribution in [-0.4, -0.2) is 46.1 Å². The fraction of sp³-hybridized carbons (Fsp3) is 0.381. The molecule has 9 heteroatoms. The first-order valence-electron chi connectivity index (χ1n) is 9.67. The van der Waals surface area contributed by atoms with E-state index in [1.54, 1.807) is 25.1 Å². The molecule has 1 atom stereocenters. The van der Waals surface area contributed by atoms with E-state index in [-0.39, 0.29) is 31.7 Å². The van der Waals surface area contributed by atoms with E-state index in [2.05, 4.69) is 5.32 Å². The molecule has 2 aromatic rings. The number of fused-ring (bicyclic) bond motifs is 1. The number of nitrogens with zero attached hydrogens (tertiary/aromatic N) is 1. The van der Waals surface area contributed by atoms with Crippen molar-refractivity contribution in [3.05, 3.63) is 48.0 Å². The smallest absolute Gasteiger partial charge is 0.241 e. The highest BCUT2D eigenvalue weighted by Gasteiger charge is 2.26. The fourth-order valence-electron chi connectivity index (χ4n) is 2.89. The quantitative estimate of drug-likeness (QED) is 0.652. The van der Waals surface area contributed by atoms with E-state index in [1.165, 1.54) is 6.92 Å². The van der Waals surface area contributed by atoms with Crippen LogP contribution in [-0.2, 0) is 14.8 Å². The average molecular weight is 435 g/mol. The van der Waals surface area contributed by atoms with Crippen molar-refractivity contribution >= 4 is 21.6 Å². The summed E-state index contributed by atoms with van der Waals surface area (Å²) in [4.78, 5) is 12.6. The molecule has 0 saturated carbocycles. The highest BCUT2D eigenvalue weighted by Crippen LogP contribution is 2.36. The monoisotopic (exact) mass is 434 g/mol. The van der Waals surface area contributed by atoms with Gasteiger partial charge in [-0.3, -0.25) is 9.10 Å². The number of carbonyl (C=O) groups is 1. The molecule has 0 spiro atoms. The first-order chi connectivity index (χ1) is 14.3. The van der Waals surface area contributed by atoms with Gasteiger partial charge in [0.15, 0.2) is 11.5 Å². The maximum atomic E-state index is 12.6. The second kappa shape index (κ2) is 9.25. The van der Waals surface area contributed by atoms with Gasteiger partial charge in [0.25, 0.3) is 0 Å². The van der Waals surface area contributed by atoms with Crippen molar-refractivity contribution in [1.82, 2.24) is 5.32 Å². The molecule has 0 radical (unpaired) electrons. The predicted molar refractivity (Wildman–Crippen MR) is 114 cm³/mol. The average Bonchev–Trinajstić information content (AvgIpc) is 3.19. The number of hydrogen-bond donors (Lipinski definition) is 1. The van der Waals surface area contributed by atoms with Gasteiger partial charge < -0.3 is 19.5 Å². The summed E-state index contributed by atoms with van der Waals surface area (Å²) in [5.74, 6) is 1.13. The second-order valence-corrected chi connectivity index (χ2v) is 9.22. The minimum atomic E-state index is -3.68. The Bertz CT molecular complexity index is 991. The fourth-order valence-corrected chi connectivity index (χ4v) is 3.96. The van der Waals surface area contributed by atoms with Gasteiger partial charge in [-0.2, -0.15) is 0 Å². The van der Waals surface area contributed by atoms with Crippen molar-refractivity contribution in [3.63, 3.8) is 0 Å². The molecule has 1 heterocycles. The lowest BCUT2D eigenvalue weighted by Crippen LogP contribution is -2.45. The number of amides is 1. The van der Waals surface area contributed by atoms with E-state index < -0.39 is 15.9 Å². The number of benzene rings is 2. The third-order valence-corrected chi connectivity index (χ3v) is 6.30. The number of carbonyl (C=O) groups excluding carboxylic acids is 1. The molecule has 3 rings (SSSR count). The van der Waals surface area contributed by atoms with Crippen LogP contribution in [0, 0.1) is 6.92 Å². The van der Waals surface area contributed by atoms with E-state index in [0.29, 0.717) is 22.9 Å². The Hall–Kier alpha value is -2.94. The molecule has 8 nitrogen and oxygen atoms in total. The summed E-state index contributed by atoms with van der Waals surface area (Å²) in [5, 5.41) is 2.78. The number of hydrogen-bond acceptors (Lipinski definition) is 6. The van der Waals surface area contributed by atoms with Crippen molar-refractivity contribution in [1.29, 1.82) is 0 Å². The molecule has 0 saturated heterocycles. The first-order valence-corrected chi connectivity index (χ1v) is 11.3. The Balaban J connectivity index is 1.64. The normalized spacial score (nSPS) is 13.6. The first kappa shape index (κ1) is 21.8. The van der Waals surface area contributed by atoms with Crippen LogP contribution >= 0.6 is 0 Å². The summed E-state index contributed by atoms with van der Waals surface area (Å²) in [6.07, 6.45) is 0. The number of aryl methyl sites for hydroxylation is 1. The highest BCUT2D eigenvalue weighted by atomic mass is 32.2. The van der Waals surface area contributed by atoms with Crippen LogP contribution in [0.1, 0.15) is 19.4 Å². The van der Waals surface area contributed by atoms with Crippen LogP contribution < -0.4 is 23.8 Å². The largest absolute Gasteiger partial charge is 0.491 e. The SMILES string of the molecule is CCS(=O)(=O)N(CC(=O)N[C@H](C)COc1ccc(C)cc1)c1ccc2c(c1)OCO2. The van der Waals surface area contributed by atoms with Gasteiger partial charge in [-0.1, -0.05) is 17.7 Å². The molecule has 1 aliphatic heterocycles. The van der Waals surface area contributed by atoms with Crippen LogP contribution in [0.2, 0.25) is 0 Å². The van der Waals surface area contributed by atoms with Crippen LogP contribution in [0.5, 0.6) is 17.2 Å². The molecule has 0 unspecified atom stereocenters. The number of ether oxygens (including phenoxy) is 3. The summed E-state index contributed by atoms with van der Waals surface area (Å²) in [6, 6.07) is 12.1. The third kappa shape index (κ3) is 5.35. The Kier molecular flexibility index (Phi) is 6.71. The van der Waals surface area contributed by atoms with Gasteiger partial charge >= 0.3 is 0 Å². The number of rotatable bonds is 9. The molecular weight excluding hydrogens is 408 g/mol. The van der Waals surface area contributed by atoms with Crippen molar-refractivity contribution < 1.29 is 27.4 Å². The zero-order valence-electron chi connectivity index (χ0n) is 17.3. The number of nitrogens with one attached hydrogen (secondary N) is 1. The van der Waals surface area contributed by atoms with Crippen LogP contribution in [0.25, 0.3) is 0 Å². The Labute approximate surface area is 176 Å². The van der Waals surface area contributed by atoms with Crippen LogP contribution in [0.15, 0.2) is 42.5 Å². The molecular formula is C21H26N2O6S. The minimum absolute atomic E-state index is 0.0816. The van der Waals surface area contributed by atoms with Crippen molar-refractivity contribution in [2.24, 2.45) is 0 Å². The topological polar surface area (TPSA) is 94.2 Å². The van der Waals surface area contributed by atoms with Crippen LogP contribution in [0.4, 0.5) is 5.69 Å². The maximum Gasteiger partial charge on any atom is 0.241 e. The summed E-state index contributed by atoms with van der Waals surface area (Å²) >= 11 is 0. The lowest BCUT2D eigenvalue weighted by molar-refractivity contribution is -0.120. The zero-order valence-corrected chi connectivity index (χ0v) is 18.1. The van der Waals surface area contributed by atoms with Crippen molar-refractivity contribution in [2.45, 2.75) is 26.8 Å². The van der Waals surface area contributed by atoms with E-state index in [9.17, 15) is 13.2 Å². The molecule has 162 valence electrons. The second-order valence-electron chi connectivity index (χ2n) is 7.04. The molecule has 1 aliphatic rings. The predicted octanol–water partition coefficient (Wildman–Crippen LogP) is 2.46. The highest BCUT2D eigenvalue weighted by molar-refractivity contribution is 7.92. The van der Waals surface area contributed by atoms with E-state index in [1.807, 2.05) is 31.2 Å². The molecule has 0 fully saturated rings. The van der Waals surface area contributed by atoms with Gasteiger partial charge in [-0.25, -0.2) is 8.42 Å². The lowest BCUT2D eigenvalue weighted by atomic mass is 10.2. The number of sulfonamides is 1. The Morgan fingerprint density at radius 3 is 2.57 bits per heavy atom. The maximum absolute atomic E-state index is 12.6. The van der Waals surface area contributed by atoms with Crippen molar-refractivity contribution in [2.75, 3.05) is 30.0 Å². The van der Waals surface area contributed by atoms with E-state index in [0.717, 1.165) is 9.87 Å². The number of anilines is 1. The van der Waals surface area contributed by atoms with E-state index >= 15 is 0 Å². The van der Waals surface area contributed by atoms with E-state index in [4.69, 9.17) is 14.2 Å². The molecule has 1 N–H and O–H groups in total. The molecule has 30 heavy (non-hydrogen) atoms. The molecule has 0 bridgehead atoms. The molecule has 0 aliphatic carbocycles. The summed E-state index contributed by atoms with van der Waals surface area (Å²) in [6.45, 7) is 5.32. The molecule has 0 aromatic heterocycles. The zero-order chi connectivity index (χ0) is 21.7. The van der Waals surface area contributed by atoms with Crippen molar-refractivity contribution in [3.8, 4) is 17.2 Å². The molecule has 1 amide bonds. The molecule has 2 aromatic carbocycles. The van der Waals surface area contributed by atoms with Gasteiger partial charge in [0, 0.05) is 6.07 Å². The van der Waals surface area contributed by atoms with Crippen LogP contribution in [0.3, 0.4) is 0 Å². The minimum Gasteiger partial charge on any atom is -0.491 e. The Morgan fingerprint density at radius 1 is 1.17 bits per heavy atom. The summed E-state index contributed by atoms with van der Waals surface area (Å²) in [7, 11) is -3.68. The summed E-state index contributed by atoms with van der Waals surface area (Å²) < 4.78 is 42.6. The van der Waals surface area contributed by atoms with Gasteiger partial charge in [0.1, 0.15) is 18.9 Å².